The molecule has 35 heavy (non-hydrogen) atoms. The van der Waals surface area contributed by atoms with Gasteiger partial charge in [-0.1, -0.05) is 54.1 Å². The van der Waals surface area contributed by atoms with E-state index in [-0.39, 0.29) is 11.5 Å². The van der Waals surface area contributed by atoms with Gasteiger partial charge in [0.15, 0.2) is 11.6 Å². The summed E-state index contributed by atoms with van der Waals surface area (Å²) in [5, 5.41) is 18.0. The minimum absolute atomic E-state index is 0.263. The lowest BCUT2D eigenvalue weighted by molar-refractivity contribution is 0.102. The smallest absolute Gasteiger partial charge is 0.256 e. The maximum Gasteiger partial charge on any atom is 0.256 e. The van der Waals surface area contributed by atoms with Gasteiger partial charge in [-0.25, -0.2) is 4.98 Å². The van der Waals surface area contributed by atoms with Crippen molar-refractivity contribution < 1.29 is 4.79 Å². The van der Waals surface area contributed by atoms with Crippen molar-refractivity contribution in [1.82, 2.24) is 14.8 Å². The van der Waals surface area contributed by atoms with Crippen LogP contribution in [0.25, 0.3) is 27.8 Å². The van der Waals surface area contributed by atoms with Crippen LogP contribution in [0, 0.1) is 32.1 Å². The number of anilines is 1. The highest BCUT2D eigenvalue weighted by molar-refractivity contribution is 6.04. The fraction of sp³-hybridized carbons (Fsp3) is 0.103. The fourth-order valence-electron chi connectivity index (χ4n) is 4.28. The maximum absolute atomic E-state index is 13.1. The molecular formula is C29H23N5O. The summed E-state index contributed by atoms with van der Waals surface area (Å²) in [6.45, 7) is 6.11. The van der Waals surface area contributed by atoms with E-state index in [1.165, 1.54) is 16.4 Å². The average molecular weight is 458 g/mol. The number of nitrogens with zero attached hydrogens (tertiary/aromatic N) is 4. The molecule has 2 aromatic heterocycles. The number of aromatic nitrogens is 3. The number of amides is 1. The predicted molar refractivity (Wildman–Crippen MR) is 138 cm³/mol. The largest absolute Gasteiger partial charge is 0.305 e. The number of carbonyl (C=O) groups is 1. The predicted octanol–water partition coefficient (Wildman–Crippen LogP) is 6.14. The van der Waals surface area contributed by atoms with E-state index < -0.39 is 0 Å². The molecular weight excluding hydrogens is 434 g/mol. The molecule has 5 aromatic rings. The third-order valence-corrected chi connectivity index (χ3v) is 6.03. The number of aryl methyl sites for hydroxylation is 3. The van der Waals surface area contributed by atoms with Crippen molar-refractivity contribution in [2.24, 2.45) is 0 Å². The Hall–Kier alpha value is -4.76. The molecule has 6 nitrogen and oxygen atoms in total. The van der Waals surface area contributed by atoms with Crippen LogP contribution in [0.2, 0.25) is 0 Å². The molecule has 0 aliphatic rings. The number of nitrogens with one attached hydrogen (secondary N) is 1. The van der Waals surface area contributed by atoms with Gasteiger partial charge >= 0.3 is 0 Å². The molecule has 0 aliphatic heterocycles. The van der Waals surface area contributed by atoms with Crippen LogP contribution in [0.15, 0.2) is 79.0 Å². The van der Waals surface area contributed by atoms with Crippen LogP contribution in [0.3, 0.4) is 0 Å². The highest BCUT2D eigenvalue weighted by atomic mass is 16.1. The normalized spacial score (nSPS) is 10.8. The highest BCUT2D eigenvalue weighted by Crippen LogP contribution is 2.27. The van der Waals surface area contributed by atoms with Gasteiger partial charge < -0.3 is 5.32 Å². The summed E-state index contributed by atoms with van der Waals surface area (Å²) >= 11 is 0. The van der Waals surface area contributed by atoms with Crippen LogP contribution in [-0.4, -0.2) is 20.7 Å². The van der Waals surface area contributed by atoms with Crippen molar-refractivity contribution in [1.29, 1.82) is 5.26 Å². The molecule has 2 heterocycles. The third-order valence-electron chi connectivity index (χ3n) is 6.03. The molecule has 0 saturated heterocycles. The summed E-state index contributed by atoms with van der Waals surface area (Å²) in [5.41, 5.74) is 6.98. The number of carbonyl (C=O) groups excluding carboxylic acids is 1. The Bertz CT molecular complexity index is 1610. The van der Waals surface area contributed by atoms with Crippen molar-refractivity contribution in [3.05, 3.63) is 107 Å². The van der Waals surface area contributed by atoms with Gasteiger partial charge in [0.05, 0.1) is 11.7 Å². The van der Waals surface area contributed by atoms with Gasteiger partial charge in [-0.2, -0.15) is 15.0 Å². The standard InChI is InChI=1S/C29H23N5O/c1-18-13-20(3)27-25(14-18)19(2)15-26(32-27)34-28(24(16-30)17-31-34)33-29(35)23-11-9-22(10-12-23)21-7-5-4-6-8-21/h4-15,17H,1-3H3,(H,33,35). The molecule has 5 rings (SSSR count). The SMILES string of the molecule is Cc1cc(C)c2nc(-n3ncc(C#N)c3NC(=O)c3ccc(-c4ccccc4)cc3)cc(C)c2c1. The Morgan fingerprint density at radius 3 is 2.34 bits per heavy atom. The van der Waals surface area contributed by atoms with Crippen LogP contribution >= 0.6 is 0 Å². The fourth-order valence-corrected chi connectivity index (χ4v) is 4.28. The molecule has 0 bridgehead atoms. The minimum Gasteiger partial charge on any atom is -0.305 e. The lowest BCUT2D eigenvalue weighted by Gasteiger charge is -2.13. The van der Waals surface area contributed by atoms with Gasteiger partial charge in [-0.3, -0.25) is 4.79 Å². The number of pyridine rings is 1. The average Bonchev–Trinajstić information content (AvgIpc) is 3.27. The number of benzene rings is 3. The summed E-state index contributed by atoms with van der Waals surface area (Å²) in [7, 11) is 0. The van der Waals surface area contributed by atoms with E-state index in [1.807, 2.05) is 62.4 Å². The van der Waals surface area contributed by atoms with E-state index in [1.54, 1.807) is 12.1 Å². The zero-order valence-corrected chi connectivity index (χ0v) is 19.7. The first-order chi connectivity index (χ1) is 16.9. The molecule has 0 radical (unpaired) electrons. The van der Waals surface area contributed by atoms with Crippen LogP contribution in [0.1, 0.15) is 32.6 Å². The van der Waals surface area contributed by atoms with Crippen LogP contribution < -0.4 is 5.32 Å². The Morgan fingerprint density at radius 1 is 0.914 bits per heavy atom. The molecule has 0 spiro atoms. The molecule has 0 unspecified atom stereocenters. The summed E-state index contributed by atoms with van der Waals surface area (Å²) < 4.78 is 1.51. The second-order valence-electron chi connectivity index (χ2n) is 8.60. The molecule has 0 saturated carbocycles. The first-order valence-corrected chi connectivity index (χ1v) is 11.3. The third kappa shape index (κ3) is 4.16. The molecule has 3 aromatic carbocycles. The molecule has 170 valence electrons. The molecule has 1 amide bonds. The lowest BCUT2D eigenvalue weighted by atomic mass is 10.0. The molecule has 1 N–H and O–H groups in total. The van der Waals surface area contributed by atoms with Gasteiger partial charge in [0.2, 0.25) is 0 Å². The van der Waals surface area contributed by atoms with Crippen LogP contribution in [-0.2, 0) is 0 Å². The Morgan fingerprint density at radius 2 is 1.63 bits per heavy atom. The monoisotopic (exact) mass is 457 g/mol. The topological polar surface area (TPSA) is 83.6 Å². The van der Waals surface area contributed by atoms with Crippen LogP contribution in [0.5, 0.6) is 0 Å². The van der Waals surface area contributed by atoms with Gasteiger partial charge in [-0.05, 0) is 67.3 Å². The lowest BCUT2D eigenvalue weighted by Crippen LogP contribution is -2.16. The molecule has 0 fully saturated rings. The summed E-state index contributed by atoms with van der Waals surface area (Å²) in [4.78, 5) is 17.9. The quantitative estimate of drug-likeness (QED) is 0.351. The first kappa shape index (κ1) is 22.1. The molecule has 0 aliphatic carbocycles. The first-order valence-electron chi connectivity index (χ1n) is 11.3. The van der Waals surface area contributed by atoms with Gasteiger partial charge in [0.1, 0.15) is 11.6 Å². The van der Waals surface area contributed by atoms with Crippen molar-refractivity contribution in [3.8, 4) is 23.0 Å². The van der Waals surface area contributed by atoms with Crippen molar-refractivity contribution >= 4 is 22.6 Å². The Balaban J connectivity index is 1.50. The summed E-state index contributed by atoms with van der Waals surface area (Å²) in [5.74, 6) is 0.506. The number of hydrogen-bond acceptors (Lipinski definition) is 4. The van der Waals surface area contributed by atoms with E-state index in [9.17, 15) is 10.1 Å². The van der Waals surface area contributed by atoms with E-state index in [2.05, 4.69) is 35.5 Å². The van der Waals surface area contributed by atoms with E-state index in [0.29, 0.717) is 17.2 Å². The molecule has 0 atom stereocenters. The van der Waals surface area contributed by atoms with E-state index in [4.69, 9.17) is 4.98 Å². The number of nitriles is 1. The second kappa shape index (κ2) is 8.88. The van der Waals surface area contributed by atoms with Gasteiger partial charge in [0, 0.05) is 10.9 Å². The highest BCUT2D eigenvalue weighted by Gasteiger charge is 2.18. The maximum atomic E-state index is 13.1. The number of hydrogen-bond donors (Lipinski definition) is 1. The second-order valence-corrected chi connectivity index (χ2v) is 8.60. The molecule has 6 heteroatoms. The van der Waals surface area contributed by atoms with Crippen molar-refractivity contribution in [2.75, 3.05) is 5.32 Å². The number of rotatable bonds is 4. The summed E-state index contributed by atoms with van der Waals surface area (Å²) in [6, 6.07) is 25.6. The zero-order chi connectivity index (χ0) is 24.5. The number of fused-ring (bicyclic) bond motifs is 1. The van der Waals surface area contributed by atoms with Gasteiger partial charge in [0.25, 0.3) is 5.91 Å². The zero-order valence-electron chi connectivity index (χ0n) is 19.7. The van der Waals surface area contributed by atoms with Gasteiger partial charge in [-0.15, -0.1) is 0 Å². The Labute approximate surface area is 203 Å². The summed E-state index contributed by atoms with van der Waals surface area (Å²) in [6.07, 6.45) is 1.44. The van der Waals surface area contributed by atoms with Crippen molar-refractivity contribution in [3.63, 3.8) is 0 Å². The Kier molecular flexibility index (Phi) is 5.60. The van der Waals surface area contributed by atoms with Crippen LogP contribution in [0.4, 0.5) is 5.82 Å². The minimum atomic E-state index is -0.327. The van der Waals surface area contributed by atoms with E-state index >= 15 is 0 Å². The van der Waals surface area contributed by atoms with E-state index in [0.717, 1.165) is 33.2 Å². The van der Waals surface area contributed by atoms with Crippen molar-refractivity contribution in [2.45, 2.75) is 20.8 Å².